The first kappa shape index (κ1) is 17.6. The number of aromatic nitrogens is 2. The van der Waals surface area contributed by atoms with Gasteiger partial charge in [-0.25, -0.2) is 9.59 Å². The number of fused-ring (bicyclic) bond motifs is 1. The second-order valence-corrected chi connectivity index (χ2v) is 7.14. The summed E-state index contributed by atoms with van der Waals surface area (Å²) in [5.41, 5.74) is 0.101. The molecule has 1 saturated heterocycles. The van der Waals surface area contributed by atoms with Crippen LogP contribution in [-0.4, -0.2) is 46.8 Å². The summed E-state index contributed by atoms with van der Waals surface area (Å²) in [6.07, 6.45) is 3.01. The van der Waals surface area contributed by atoms with Crippen molar-refractivity contribution in [2.24, 2.45) is 5.92 Å². The van der Waals surface area contributed by atoms with Crippen LogP contribution in [0.4, 0.5) is 10.6 Å². The van der Waals surface area contributed by atoms with Crippen molar-refractivity contribution in [3.8, 4) is 0 Å². The average molecular weight is 350 g/mol. The molecule has 1 unspecified atom stereocenters. The van der Waals surface area contributed by atoms with Crippen LogP contribution in [0.1, 0.15) is 44.7 Å². The van der Waals surface area contributed by atoms with Crippen molar-refractivity contribution in [2.45, 2.75) is 51.6 Å². The van der Waals surface area contributed by atoms with E-state index in [2.05, 4.69) is 10.3 Å². The van der Waals surface area contributed by atoms with Gasteiger partial charge in [0.15, 0.2) is 0 Å². The van der Waals surface area contributed by atoms with E-state index in [1.54, 1.807) is 4.90 Å². The predicted molar refractivity (Wildman–Crippen MR) is 94.1 cm³/mol. The molecule has 1 atom stereocenters. The number of hydrogen-bond acceptors (Lipinski definition) is 5. The minimum atomic E-state index is -0.368. The highest BCUT2D eigenvalue weighted by Gasteiger charge is 2.32. The van der Waals surface area contributed by atoms with Gasteiger partial charge in [-0.3, -0.25) is 14.3 Å². The lowest BCUT2D eigenvalue weighted by Gasteiger charge is -2.38. The number of nitrogens with one attached hydrogen (secondary N) is 2. The Morgan fingerprint density at radius 2 is 1.88 bits per heavy atom. The molecule has 0 aromatic carbocycles. The number of amides is 1. The molecule has 2 aliphatic rings. The number of nitrogens with zero attached hydrogens (tertiary/aromatic N) is 2. The van der Waals surface area contributed by atoms with Gasteiger partial charge in [-0.05, 0) is 45.4 Å². The molecule has 1 amide bonds. The molecule has 2 N–H and O–H groups in total. The molecule has 0 saturated carbocycles. The summed E-state index contributed by atoms with van der Waals surface area (Å²) < 4.78 is 6.04. The lowest BCUT2D eigenvalue weighted by molar-refractivity contribution is 0.103. The SMILES string of the molecule is COC(=O)N1CCC(C2CCc3c([nH]c(=O)n(C(C)C)c3=O)N2)CC1. The molecule has 0 spiro atoms. The molecule has 138 valence electrons. The second-order valence-electron chi connectivity index (χ2n) is 7.14. The molecule has 8 heteroatoms. The number of methoxy groups -OCH3 is 1. The first-order valence-corrected chi connectivity index (χ1v) is 8.89. The number of ether oxygens (including phenoxy) is 1. The lowest BCUT2D eigenvalue weighted by atomic mass is 9.84. The number of anilines is 1. The number of H-pyrrole nitrogens is 1. The van der Waals surface area contributed by atoms with Crippen LogP contribution in [-0.2, 0) is 11.2 Å². The molecule has 0 bridgehead atoms. The van der Waals surface area contributed by atoms with Gasteiger partial charge in [-0.15, -0.1) is 0 Å². The van der Waals surface area contributed by atoms with E-state index < -0.39 is 0 Å². The van der Waals surface area contributed by atoms with Crippen LogP contribution in [0, 0.1) is 5.92 Å². The Bertz CT molecular complexity index is 759. The summed E-state index contributed by atoms with van der Waals surface area (Å²) in [4.78, 5) is 40.9. The third-order valence-electron chi connectivity index (χ3n) is 5.32. The third kappa shape index (κ3) is 3.29. The minimum absolute atomic E-state index is 0.165. The fourth-order valence-electron chi connectivity index (χ4n) is 3.94. The van der Waals surface area contributed by atoms with Crippen LogP contribution in [0.2, 0.25) is 0 Å². The van der Waals surface area contributed by atoms with Gasteiger partial charge in [0, 0.05) is 25.2 Å². The van der Waals surface area contributed by atoms with E-state index in [0.717, 1.165) is 19.3 Å². The number of piperidine rings is 1. The Hall–Kier alpha value is -2.25. The molecular formula is C17H26N4O4. The molecule has 3 heterocycles. The zero-order valence-electron chi connectivity index (χ0n) is 15.0. The zero-order valence-corrected chi connectivity index (χ0v) is 15.0. The van der Waals surface area contributed by atoms with Crippen molar-refractivity contribution in [3.05, 3.63) is 26.4 Å². The van der Waals surface area contributed by atoms with E-state index in [1.165, 1.54) is 11.7 Å². The number of carbonyl (C=O) groups is 1. The Labute approximate surface area is 146 Å². The quantitative estimate of drug-likeness (QED) is 0.839. The largest absolute Gasteiger partial charge is 0.453 e. The van der Waals surface area contributed by atoms with Gasteiger partial charge >= 0.3 is 11.8 Å². The maximum atomic E-state index is 12.6. The van der Waals surface area contributed by atoms with E-state index in [0.29, 0.717) is 36.8 Å². The van der Waals surface area contributed by atoms with Crippen LogP contribution in [0.15, 0.2) is 9.59 Å². The maximum absolute atomic E-state index is 12.6. The third-order valence-corrected chi connectivity index (χ3v) is 5.32. The number of rotatable bonds is 2. The molecule has 2 aliphatic heterocycles. The van der Waals surface area contributed by atoms with Crippen molar-refractivity contribution < 1.29 is 9.53 Å². The normalized spacial score (nSPS) is 21.0. The topological polar surface area (TPSA) is 96.4 Å². The smallest absolute Gasteiger partial charge is 0.409 e. The van der Waals surface area contributed by atoms with Gasteiger partial charge in [0.25, 0.3) is 5.56 Å². The summed E-state index contributed by atoms with van der Waals surface area (Å²) in [5.74, 6) is 0.976. The van der Waals surface area contributed by atoms with Gasteiger partial charge < -0.3 is 15.0 Å². The maximum Gasteiger partial charge on any atom is 0.409 e. The highest BCUT2D eigenvalue weighted by molar-refractivity contribution is 5.67. The Kier molecular flexibility index (Phi) is 4.87. The van der Waals surface area contributed by atoms with Crippen molar-refractivity contribution in [3.63, 3.8) is 0 Å². The fraction of sp³-hybridized carbons (Fsp3) is 0.706. The highest BCUT2D eigenvalue weighted by Crippen LogP contribution is 2.29. The number of carbonyl (C=O) groups excluding carboxylic acids is 1. The Morgan fingerprint density at radius 1 is 1.20 bits per heavy atom. The molecule has 1 fully saturated rings. The van der Waals surface area contributed by atoms with E-state index in [1.807, 2.05) is 13.8 Å². The first-order valence-electron chi connectivity index (χ1n) is 8.89. The molecule has 25 heavy (non-hydrogen) atoms. The van der Waals surface area contributed by atoms with Gasteiger partial charge in [0.2, 0.25) is 0 Å². The molecule has 0 radical (unpaired) electrons. The van der Waals surface area contributed by atoms with Crippen LogP contribution in [0.5, 0.6) is 0 Å². The Balaban J connectivity index is 1.73. The summed E-state index contributed by atoms with van der Waals surface area (Å²) in [6, 6.07) is 0.0409. The summed E-state index contributed by atoms with van der Waals surface area (Å²) in [7, 11) is 1.40. The summed E-state index contributed by atoms with van der Waals surface area (Å²) in [5, 5.41) is 3.37. The van der Waals surface area contributed by atoms with Crippen molar-refractivity contribution in [1.82, 2.24) is 14.5 Å². The highest BCUT2D eigenvalue weighted by atomic mass is 16.5. The summed E-state index contributed by atoms with van der Waals surface area (Å²) >= 11 is 0. The molecule has 3 rings (SSSR count). The van der Waals surface area contributed by atoms with Gasteiger partial charge in [0.1, 0.15) is 5.82 Å². The predicted octanol–water partition coefficient (Wildman–Crippen LogP) is 1.32. The molecular weight excluding hydrogens is 324 g/mol. The van der Waals surface area contributed by atoms with Crippen LogP contribution in [0.25, 0.3) is 0 Å². The van der Waals surface area contributed by atoms with Crippen molar-refractivity contribution in [1.29, 1.82) is 0 Å². The lowest BCUT2D eigenvalue weighted by Crippen LogP contribution is -2.46. The van der Waals surface area contributed by atoms with Gasteiger partial charge in [0.05, 0.1) is 12.7 Å². The van der Waals surface area contributed by atoms with Crippen molar-refractivity contribution >= 4 is 11.9 Å². The van der Waals surface area contributed by atoms with Gasteiger partial charge in [-0.2, -0.15) is 0 Å². The standard InChI is InChI=1S/C17H26N4O4/c1-10(2)21-15(22)12-4-5-13(18-14(12)19-16(21)23)11-6-8-20(9-7-11)17(24)25-3/h10-11,13,18H,4-9H2,1-3H3,(H,19,23). The molecule has 1 aromatic rings. The van der Waals surface area contributed by atoms with E-state index in [9.17, 15) is 14.4 Å². The second kappa shape index (κ2) is 6.93. The minimum Gasteiger partial charge on any atom is -0.453 e. The van der Waals surface area contributed by atoms with Crippen molar-refractivity contribution in [2.75, 3.05) is 25.5 Å². The molecule has 8 nitrogen and oxygen atoms in total. The first-order chi connectivity index (χ1) is 11.9. The van der Waals surface area contributed by atoms with Crippen LogP contribution in [0.3, 0.4) is 0 Å². The van der Waals surface area contributed by atoms with E-state index in [4.69, 9.17) is 4.74 Å². The Morgan fingerprint density at radius 3 is 2.48 bits per heavy atom. The average Bonchev–Trinajstić information content (AvgIpc) is 2.60. The van der Waals surface area contributed by atoms with E-state index >= 15 is 0 Å². The molecule has 0 aliphatic carbocycles. The van der Waals surface area contributed by atoms with Crippen LogP contribution < -0.4 is 16.6 Å². The van der Waals surface area contributed by atoms with Gasteiger partial charge in [-0.1, -0.05) is 0 Å². The van der Waals surface area contributed by atoms with E-state index in [-0.39, 0.29) is 29.4 Å². The summed E-state index contributed by atoms with van der Waals surface area (Å²) in [6.45, 7) is 5.01. The zero-order chi connectivity index (χ0) is 18.1. The molecule has 1 aromatic heterocycles. The number of likely N-dealkylation sites (tertiary alicyclic amines) is 1. The number of hydrogen-bond donors (Lipinski definition) is 2. The fourth-order valence-corrected chi connectivity index (χ4v) is 3.94. The number of aromatic amines is 1. The monoisotopic (exact) mass is 350 g/mol. The van der Waals surface area contributed by atoms with Crippen LogP contribution >= 0.6 is 0 Å².